The van der Waals surface area contributed by atoms with Crippen molar-refractivity contribution in [2.75, 3.05) is 17.3 Å². The molecule has 3 heterocycles. The lowest BCUT2D eigenvalue weighted by atomic mass is 9.87. The zero-order chi connectivity index (χ0) is 24.0. The third kappa shape index (κ3) is 5.34. The number of esters is 1. The van der Waals surface area contributed by atoms with Gasteiger partial charge in [-0.3, -0.25) is 0 Å². The number of methoxy groups -OCH3 is 1. The number of benzene rings is 2. The van der Waals surface area contributed by atoms with Gasteiger partial charge in [-0.05, 0) is 47.2 Å². The minimum atomic E-state index is -0.277. The first-order valence-electron chi connectivity index (χ1n) is 11.7. The number of rotatable bonds is 8. The van der Waals surface area contributed by atoms with E-state index in [-0.39, 0.29) is 18.1 Å². The molecule has 2 aromatic carbocycles. The highest BCUT2D eigenvalue weighted by atomic mass is 32.1. The topological polar surface area (TPSA) is 41.6 Å². The number of nitrogens with zero attached hydrogens (tertiary/aromatic N) is 1. The molecule has 0 saturated heterocycles. The first-order valence-corrected chi connectivity index (χ1v) is 13.5. The summed E-state index contributed by atoms with van der Waals surface area (Å²) in [5.74, 6) is -0.277. The molecule has 0 spiro atoms. The predicted octanol–water partition coefficient (Wildman–Crippen LogP) is 6.78. The van der Waals surface area contributed by atoms with Crippen LogP contribution >= 0.6 is 22.7 Å². The van der Waals surface area contributed by atoms with Gasteiger partial charge in [0.25, 0.3) is 0 Å². The van der Waals surface area contributed by atoms with Crippen LogP contribution in [0.5, 0.6) is 0 Å². The lowest BCUT2D eigenvalue weighted by Crippen LogP contribution is -2.52. The average molecular weight is 501 g/mol. The molecule has 0 fully saturated rings. The predicted molar refractivity (Wildman–Crippen MR) is 146 cm³/mol. The van der Waals surface area contributed by atoms with Gasteiger partial charge in [-0.2, -0.15) is 0 Å². The molecule has 2 unspecified atom stereocenters. The van der Waals surface area contributed by atoms with Gasteiger partial charge in [0.15, 0.2) is 0 Å². The number of ether oxygens (including phenoxy) is 1. The Bertz CT molecular complexity index is 1250. The molecule has 4 aromatic rings. The lowest BCUT2D eigenvalue weighted by molar-refractivity contribution is -0.136. The molecule has 0 bridgehead atoms. The first-order chi connectivity index (χ1) is 17.2. The van der Waals surface area contributed by atoms with Crippen LogP contribution in [0.25, 0.3) is 0 Å². The largest absolute Gasteiger partial charge is 0.466 e. The van der Waals surface area contributed by atoms with E-state index in [4.69, 9.17) is 4.74 Å². The Kier molecular flexibility index (Phi) is 7.31. The fourth-order valence-corrected chi connectivity index (χ4v) is 6.38. The molecule has 4 nitrogen and oxygen atoms in total. The fourth-order valence-electron chi connectivity index (χ4n) is 4.86. The summed E-state index contributed by atoms with van der Waals surface area (Å²) >= 11 is 3.51. The molecule has 1 aliphatic rings. The monoisotopic (exact) mass is 500 g/mol. The van der Waals surface area contributed by atoms with E-state index >= 15 is 0 Å². The molecule has 1 N–H and O–H groups in total. The van der Waals surface area contributed by atoms with E-state index in [1.165, 1.54) is 16.9 Å². The third-order valence-corrected chi connectivity index (χ3v) is 8.14. The number of carbonyl (C=O) groups excluding carboxylic acids is 1. The van der Waals surface area contributed by atoms with Crippen molar-refractivity contribution < 1.29 is 9.53 Å². The normalized spacial score (nSPS) is 17.9. The quantitative estimate of drug-likeness (QED) is 0.271. The van der Waals surface area contributed by atoms with Gasteiger partial charge in [-0.1, -0.05) is 48.5 Å². The minimum Gasteiger partial charge on any atom is -0.466 e. The highest BCUT2D eigenvalue weighted by molar-refractivity contribution is 7.10. The van der Waals surface area contributed by atoms with Gasteiger partial charge < -0.3 is 15.0 Å². The van der Waals surface area contributed by atoms with Crippen LogP contribution in [0.1, 0.15) is 16.2 Å². The van der Waals surface area contributed by atoms with Crippen molar-refractivity contribution in [2.45, 2.75) is 31.3 Å². The second-order valence-electron chi connectivity index (χ2n) is 8.56. The van der Waals surface area contributed by atoms with Gasteiger partial charge in [0.05, 0.1) is 18.7 Å². The van der Waals surface area contributed by atoms with E-state index in [1.54, 1.807) is 22.7 Å². The molecule has 178 valence electrons. The van der Waals surface area contributed by atoms with Gasteiger partial charge in [-0.15, -0.1) is 22.7 Å². The van der Waals surface area contributed by atoms with Crippen LogP contribution in [-0.4, -0.2) is 25.2 Å². The molecule has 5 rings (SSSR count). The number of carbonyl (C=O) groups is 1. The minimum absolute atomic E-state index is 0.159. The molecule has 0 saturated carbocycles. The van der Waals surface area contributed by atoms with Crippen molar-refractivity contribution in [3.63, 3.8) is 0 Å². The Labute approximate surface area is 214 Å². The number of hydrogen-bond donors (Lipinski definition) is 1. The maximum absolute atomic E-state index is 13.4. The summed E-state index contributed by atoms with van der Waals surface area (Å²) in [5.41, 5.74) is 3.74. The average Bonchev–Trinajstić information content (AvgIpc) is 3.60. The molecular weight excluding hydrogens is 472 g/mol. The number of hydrogen-bond acceptors (Lipinski definition) is 6. The SMILES string of the molecule is COC(=O)C1=C(Nc2ccccc2)CC(Cc2cccs2)N(c2ccccc2)C1Cc1cccs1. The van der Waals surface area contributed by atoms with Gasteiger partial charge in [0, 0.05) is 52.1 Å². The van der Waals surface area contributed by atoms with Crippen molar-refractivity contribution in [3.05, 3.63) is 117 Å². The summed E-state index contributed by atoms with van der Waals surface area (Å²) < 4.78 is 5.37. The maximum Gasteiger partial charge on any atom is 0.337 e. The summed E-state index contributed by atoms with van der Waals surface area (Å²) in [7, 11) is 1.47. The Morgan fingerprint density at radius 1 is 0.886 bits per heavy atom. The third-order valence-electron chi connectivity index (χ3n) is 6.35. The summed E-state index contributed by atoms with van der Waals surface area (Å²) in [4.78, 5) is 18.4. The first kappa shape index (κ1) is 23.4. The Balaban J connectivity index is 1.65. The smallest absolute Gasteiger partial charge is 0.337 e. The fraction of sp³-hybridized carbons (Fsp3) is 0.207. The zero-order valence-electron chi connectivity index (χ0n) is 19.6. The Hall–Kier alpha value is -3.35. The van der Waals surface area contributed by atoms with Gasteiger partial charge in [0.1, 0.15) is 0 Å². The summed E-state index contributed by atoms with van der Waals surface area (Å²) in [5, 5.41) is 7.82. The molecule has 6 heteroatoms. The van der Waals surface area contributed by atoms with Crippen molar-refractivity contribution in [1.29, 1.82) is 0 Å². The van der Waals surface area contributed by atoms with E-state index in [2.05, 4.69) is 69.5 Å². The summed E-state index contributed by atoms with van der Waals surface area (Å²) in [6.45, 7) is 0. The number of para-hydroxylation sites is 2. The van der Waals surface area contributed by atoms with Crippen molar-refractivity contribution in [3.8, 4) is 0 Å². The number of nitrogens with one attached hydrogen (secondary N) is 1. The van der Waals surface area contributed by atoms with Crippen LogP contribution < -0.4 is 10.2 Å². The Morgan fingerprint density at radius 2 is 1.51 bits per heavy atom. The molecule has 2 aromatic heterocycles. The molecule has 2 atom stereocenters. The van der Waals surface area contributed by atoms with Crippen molar-refractivity contribution >= 4 is 40.0 Å². The van der Waals surface area contributed by atoms with Crippen LogP contribution in [0.3, 0.4) is 0 Å². The number of thiophene rings is 2. The highest BCUT2D eigenvalue weighted by Gasteiger charge is 2.40. The van der Waals surface area contributed by atoms with E-state index in [1.807, 2.05) is 36.4 Å². The highest BCUT2D eigenvalue weighted by Crippen LogP contribution is 2.38. The zero-order valence-corrected chi connectivity index (χ0v) is 21.2. The van der Waals surface area contributed by atoms with Crippen molar-refractivity contribution in [1.82, 2.24) is 0 Å². The molecule has 0 radical (unpaired) electrons. The van der Waals surface area contributed by atoms with Crippen LogP contribution in [0.4, 0.5) is 11.4 Å². The molecular formula is C29H28N2O2S2. The molecule has 1 aliphatic heterocycles. The van der Waals surface area contributed by atoms with E-state index in [0.29, 0.717) is 12.0 Å². The van der Waals surface area contributed by atoms with Gasteiger partial charge in [0.2, 0.25) is 0 Å². The van der Waals surface area contributed by atoms with Crippen LogP contribution in [0.2, 0.25) is 0 Å². The van der Waals surface area contributed by atoms with Crippen molar-refractivity contribution in [2.24, 2.45) is 0 Å². The maximum atomic E-state index is 13.4. The van der Waals surface area contributed by atoms with Crippen LogP contribution in [-0.2, 0) is 22.4 Å². The molecule has 0 amide bonds. The standard InChI is InChI=1S/C29H28N2O2S2/c1-33-29(32)28-26(30-21-10-4-2-5-11-21)19-23(18-24-14-8-16-34-24)31(22-12-6-3-7-13-22)27(28)20-25-15-9-17-35-25/h2-17,23,27,30H,18-20H2,1H3. The lowest BCUT2D eigenvalue weighted by Gasteiger charge is -2.45. The summed E-state index contributed by atoms with van der Waals surface area (Å²) in [6.07, 6.45) is 2.35. The van der Waals surface area contributed by atoms with E-state index in [0.717, 1.165) is 29.9 Å². The van der Waals surface area contributed by atoms with Gasteiger partial charge in [-0.25, -0.2) is 4.79 Å². The summed E-state index contributed by atoms with van der Waals surface area (Å²) in [6, 6.07) is 29.1. The second-order valence-corrected chi connectivity index (χ2v) is 10.6. The van der Waals surface area contributed by atoms with E-state index < -0.39 is 0 Å². The Morgan fingerprint density at radius 3 is 2.11 bits per heavy atom. The van der Waals surface area contributed by atoms with Crippen LogP contribution in [0.15, 0.2) is 107 Å². The van der Waals surface area contributed by atoms with Gasteiger partial charge >= 0.3 is 5.97 Å². The second kappa shape index (κ2) is 10.9. The number of anilines is 2. The van der Waals surface area contributed by atoms with Crippen LogP contribution in [0, 0.1) is 0 Å². The van der Waals surface area contributed by atoms with E-state index in [9.17, 15) is 4.79 Å². The molecule has 0 aliphatic carbocycles. The molecule has 35 heavy (non-hydrogen) atoms.